The third-order valence-electron chi connectivity index (χ3n) is 3.10. The van der Waals surface area contributed by atoms with Gasteiger partial charge in [0.1, 0.15) is 5.82 Å². The van der Waals surface area contributed by atoms with Gasteiger partial charge in [-0.3, -0.25) is 4.79 Å². The normalized spacial score (nSPS) is 10.3. The molecule has 0 atom stereocenters. The number of hydrogen-bond donors (Lipinski definition) is 2. The molecule has 3 N–H and O–H groups in total. The molecule has 20 heavy (non-hydrogen) atoms. The average molecular weight is 293 g/mol. The van der Waals surface area contributed by atoms with E-state index in [1.807, 2.05) is 19.1 Å². The van der Waals surface area contributed by atoms with Gasteiger partial charge in [-0.05, 0) is 42.3 Å². The van der Waals surface area contributed by atoms with Gasteiger partial charge >= 0.3 is 0 Å². The number of amides is 1. The summed E-state index contributed by atoms with van der Waals surface area (Å²) >= 11 is 5.65. The highest BCUT2D eigenvalue weighted by atomic mass is 35.5. The van der Waals surface area contributed by atoms with Crippen molar-refractivity contribution in [1.29, 1.82) is 0 Å². The lowest BCUT2D eigenvalue weighted by Crippen LogP contribution is -2.24. The Morgan fingerprint density at radius 1 is 1.35 bits per heavy atom. The van der Waals surface area contributed by atoms with E-state index < -0.39 is 11.7 Å². The van der Waals surface area contributed by atoms with E-state index in [1.165, 1.54) is 12.1 Å². The molecule has 0 aromatic heterocycles. The Bertz CT molecular complexity index is 658. The van der Waals surface area contributed by atoms with Crippen molar-refractivity contribution in [1.82, 2.24) is 5.32 Å². The summed E-state index contributed by atoms with van der Waals surface area (Å²) in [5.74, 6) is -1.12. The van der Waals surface area contributed by atoms with E-state index >= 15 is 0 Å². The lowest BCUT2D eigenvalue weighted by atomic mass is 10.1. The smallest absolute Gasteiger partial charge is 0.254 e. The number of hydrogen-bond acceptors (Lipinski definition) is 2. The van der Waals surface area contributed by atoms with Crippen molar-refractivity contribution < 1.29 is 9.18 Å². The van der Waals surface area contributed by atoms with E-state index in [2.05, 4.69) is 5.32 Å². The molecule has 1 amide bonds. The Kier molecular flexibility index (Phi) is 4.25. The van der Waals surface area contributed by atoms with Crippen molar-refractivity contribution in [2.24, 2.45) is 0 Å². The second-order valence-corrected chi connectivity index (χ2v) is 4.87. The van der Waals surface area contributed by atoms with Crippen LogP contribution in [-0.2, 0) is 6.54 Å². The van der Waals surface area contributed by atoms with E-state index in [0.717, 1.165) is 17.2 Å². The molecule has 0 saturated heterocycles. The molecule has 2 aromatic rings. The summed E-state index contributed by atoms with van der Waals surface area (Å²) in [6.07, 6.45) is 0. The first-order valence-electron chi connectivity index (χ1n) is 6.06. The SMILES string of the molecule is Cc1c(N)cccc1CNC(=O)c1ccc(Cl)cc1F. The van der Waals surface area contributed by atoms with E-state index in [4.69, 9.17) is 17.3 Å². The van der Waals surface area contributed by atoms with Gasteiger partial charge in [-0.2, -0.15) is 0 Å². The summed E-state index contributed by atoms with van der Waals surface area (Å²) in [7, 11) is 0. The van der Waals surface area contributed by atoms with Crippen LogP contribution in [-0.4, -0.2) is 5.91 Å². The Morgan fingerprint density at radius 2 is 2.10 bits per heavy atom. The predicted octanol–water partition coefficient (Wildman–Crippen LogP) is 3.30. The number of anilines is 1. The minimum Gasteiger partial charge on any atom is -0.399 e. The van der Waals surface area contributed by atoms with Crippen molar-refractivity contribution >= 4 is 23.2 Å². The van der Waals surface area contributed by atoms with Crippen molar-refractivity contribution in [2.45, 2.75) is 13.5 Å². The minimum atomic E-state index is -0.640. The van der Waals surface area contributed by atoms with Crippen LogP contribution in [0.5, 0.6) is 0 Å². The number of carbonyl (C=O) groups excluding carboxylic acids is 1. The molecule has 2 aromatic carbocycles. The van der Waals surface area contributed by atoms with Crippen LogP contribution in [0.1, 0.15) is 21.5 Å². The van der Waals surface area contributed by atoms with Crippen LogP contribution < -0.4 is 11.1 Å². The Hall–Kier alpha value is -2.07. The van der Waals surface area contributed by atoms with Crippen LogP contribution in [0, 0.1) is 12.7 Å². The highest BCUT2D eigenvalue weighted by Gasteiger charge is 2.12. The number of nitrogen functional groups attached to an aromatic ring is 1. The highest BCUT2D eigenvalue weighted by Crippen LogP contribution is 2.17. The second-order valence-electron chi connectivity index (χ2n) is 4.44. The zero-order valence-electron chi connectivity index (χ0n) is 10.9. The first-order valence-corrected chi connectivity index (χ1v) is 6.44. The van der Waals surface area contributed by atoms with Gasteiger partial charge in [-0.25, -0.2) is 4.39 Å². The van der Waals surface area contributed by atoms with Gasteiger partial charge < -0.3 is 11.1 Å². The fourth-order valence-electron chi connectivity index (χ4n) is 1.84. The van der Waals surface area contributed by atoms with Gasteiger partial charge in [0.05, 0.1) is 5.56 Å². The zero-order chi connectivity index (χ0) is 14.7. The summed E-state index contributed by atoms with van der Waals surface area (Å²) in [5, 5.41) is 2.92. The second kappa shape index (κ2) is 5.92. The number of carbonyl (C=O) groups is 1. The number of nitrogens with two attached hydrogens (primary N) is 1. The molecule has 0 spiro atoms. The average Bonchev–Trinajstić information content (AvgIpc) is 2.40. The summed E-state index contributed by atoms with van der Waals surface area (Å²) in [5.41, 5.74) is 8.22. The van der Waals surface area contributed by atoms with E-state index in [0.29, 0.717) is 5.69 Å². The predicted molar refractivity (Wildman–Crippen MR) is 78.2 cm³/mol. The van der Waals surface area contributed by atoms with Crippen LogP contribution in [0.25, 0.3) is 0 Å². The largest absolute Gasteiger partial charge is 0.399 e. The standard InChI is InChI=1S/C15H14ClFN2O/c1-9-10(3-2-4-14(9)18)8-19-15(20)12-6-5-11(16)7-13(12)17/h2-7H,8,18H2,1H3,(H,19,20). The summed E-state index contributed by atoms with van der Waals surface area (Å²) in [6.45, 7) is 2.16. The molecule has 0 saturated carbocycles. The summed E-state index contributed by atoms with van der Waals surface area (Å²) in [4.78, 5) is 11.9. The molecule has 0 aliphatic rings. The molecule has 104 valence electrons. The fraction of sp³-hybridized carbons (Fsp3) is 0.133. The molecule has 0 aliphatic heterocycles. The molecular weight excluding hydrogens is 279 g/mol. The van der Waals surface area contributed by atoms with Gasteiger partial charge in [-0.1, -0.05) is 23.7 Å². The molecule has 3 nitrogen and oxygen atoms in total. The monoisotopic (exact) mass is 292 g/mol. The number of halogens is 2. The molecule has 0 radical (unpaired) electrons. The third kappa shape index (κ3) is 3.08. The zero-order valence-corrected chi connectivity index (χ0v) is 11.7. The van der Waals surface area contributed by atoms with Crippen molar-refractivity contribution in [3.63, 3.8) is 0 Å². The van der Waals surface area contributed by atoms with Crippen LogP contribution in [0.4, 0.5) is 10.1 Å². The van der Waals surface area contributed by atoms with E-state index in [9.17, 15) is 9.18 Å². The lowest BCUT2D eigenvalue weighted by Gasteiger charge is -2.10. The molecule has 0 bridgehead atoms. The maximum atomic E-state index is 13.6. The summed E-state index contributed by atoms with van der Waals surface area (Å²) in [6, 6.07) is 9.42. The molecule has 5 heteroatoms. The number of rotatable bonds is 3. The molecule has 2 rings (SSSR count). The lowest BCUT2D eigenvalue weighted by molar-refractivity contribution is 0.0947. The van der Waals surface area contributed by atoms with Gasteiger partial charge in [0, 0.05) is 17.3 Å². The maximum absolute atomic E-state index is 13.6. The topological polar surface area (TPSA) is 55.1 Å². The minimum absolute atomic E-state index is 0.0315. The number of benzene rings is 2. The van der Waals surface area contributed by atoms with Crippen molar-refractivity contribution in [2.75, 3.05) is 5.73 Å². The summed E-state index contributed by atoms with van der Waals surface area (Å²) < 4.78 is 13.6. The molecule has 0 unspecified atom stereocenters. The maximum Gasteiger partial charge on any atom is 0.254 e. The van der Waals surface area contributed by atoms with Crippen LogP contribution in [0.15, 0.2) is 36.4 Å². The first-order chi connectivity index (χ1) is 9.49. The van der Waals surface area contributed by atoms with E-state index in [1.54, 1.807) is 6.07 Å². The van der Waals surface area contributed by atoms with Gasteiger partial charge in [0.15, 0.2) is 0 Å². The van der Waals surface area contributed by atoms with Gasteiger partial charge in [0.2, 0.25) is 0 Å². The van der Waals surface area contributed by atoms with E-state index in [-0.39, 0.29) is 17.1 Å². The number of nitrogens with one attached hydrogen (secondary N) is 1. The van der Waals surface area contributed by atoms with Crippen molar-refractivity contribution in [3.8, 4) is 0 Å². The third-order valence-corrected chi connectivity index (χ3v) is 3.34. The Labute approximate surface area is 121 Å². The van der Waals surface area contributed by atoms with Crippen LogP contribution in [0.3, 0.4) is 0 Å². The Morgan fingerprint density at radius 3 is 2.80 bits per heavy atom. The van der Waals surface area contributed by atoms with Gasteiger partial charge in [-0.15, -0.1) is 0 Å². The highest BCUT2D eigenvalue weighted by molar-refractivity contribution is 6.30. The van der Waals surface area contributed by atoms with Gasteiger partial charge in [0.25, 0.3) is 5.91 Å². The van der Waals surface area contributed by atoms with Crippen LogP contribution >= 0.6 is 11.6 Å². The fourth-order valence-corrected chi connectivity index (χ4v) is 2.00. The first kappa shape index (κ1) is 14.3. The quantitative estimate of drug-likeness (QED) is 0.853. The van der Waals surface area contributed by atoms with Crippen LogP contribution in [0.2, 0.25) is 5.02 Å². The molecule has 0 fully saturated rings. The van der Waals surface area contributed by atoms with Crippen molar-refractivity contribution in [3.05, 3.63) is 63.9 Å². The molecule has 0 heterocycles. The molecule has 0 aliphatic carbocycles. The molecular formula is C15H14ClFN2O. The Balaban J connectivity index is 2.11.